The number of benzene rings is 1. The lowest BCUT2D eigenvalue weighted by atomic mass is 10.2. The molecule has 1 N–H and O–H groups in total. The lowest BCUT2D eigenvalue weighted by Gasteiger charge is -2.08. The van der Waals surface area contributed by atoms with Crippen LogP contribution in [0, 0.1) is 12.7 Å². The highest BCUT2D eigenvalue weighted by atomic mass is 19.1. The van der Waals surface area contributed by atoms with E-state index in [9.17, 15) is 9.18 Å². The second-order valence-electron chi connectivity index (χ2n) is 3.68. The van der Waals surface area contributed by atoms with Crippen LogP contribution < -0.4 is 4.74 Å². The molecule has 0 saturated heterocycles. The van der Waals surface area contributed by atoms with Crippen molar-refractivity contribution < 1.29 is 19.0 Å². The first-order chi connectivity index (χ1) is 8.58. The van der Waals surface area contributed by atoms with Gasteiger partial charge in [-0.15, -0.1) is 0 Å². The SMILES string of the molecule is Cc1cc(C(=O)O)cnc1Oc1ccccc1F. The zero-order chi connectivity index (χ0) is 13.1. The second-order valence-corrected chi connectivity index (χ2v) is 3.68. The Morgan fingerprint density at radius 2 is 2.11 bits per heavy atom. The average molecular weight is 247 g/mol. The molecule has 0 amide bonds. The van der Waals surface area contributed by atoms with Gasteiger partial charge in [-0.2, -0.15) is 0 Å². The van der Waals surface area contributed by atoms with Crippen molar-refractivity contribution in [1.29, 1.82) is 0 Å². The minimum Gasteiger partial charge on any atom is -0.478 e. The van der Waals surface area contributed by atoms with Crippen LogP contribution >= 0.6 is 0 Å². The zero-order valence-corrected chi connectivity index (χ0v) is 9.55. The predicted molar refractivity (Wildman–Crippen MR) is 62.4 cm³/mol. The fourth-order valence-corrected chi connectivity index (χ4v) is 1.42. The van der Waals surface area contributed by atoms with Gasteiger partial charge in [0, 0.05) is 11.8 Å². The van der Waals surface area contributed by atoms with E-state index in [1.54, 1.807) is 19.1 Å². The summed E-state index contributed by atoms with van der Waals surface area (Å²) < 4.78 is 18.7. The first-order valence-electron chi connectivity index (χ1n) is 5.20. The number of para-hydroxylation sites is 1. The number of aryl methyl sites for hydroxylation is 1. The van der Waals surface area contributed by atoms with Crippen molar-refractivity contribution in [3.63, 3.8) is 0 Å². The van der Waals surface area contributed by atoms with Crippen LogP contribution in [0.3, 0.4) is 0 Å². The lowest BCUT2D eigenvalue weighted by molar-refractivity contribution is 0.0696. The van der Waals surface area contributed by atoms with Crippen molar-refractivity contribution in [3.05, 3.63) is 53.5 Å². The van der Waals surface area contributed by atoms with Crippen molar-refractivity contribution >= 4 is 5.97 Å². The van der Waals surface area contributed by atoms with Gasteiger partial charge in [0.2, 0.25) is 5.88 Å². The van der Waals surface area contributed by atoms with Crippen LogP contribution in [0.5, 0.6) is 11.6 Å². The summed E-state index contributed by atoms with van der Waals surface area (Å²) in [5, 5.41) is 8.79. The standard InChI is InChI=1S/C13H10FNO3/c1-8-6-9(13(16)17)7-15-12(8)18-11-5-3-2-4-10(11)14/h2-7H,1H3,(H,16,17). The van der Waals surface area contributed by atoms with Crippen molar-refractivity contribution in [1.82, 2.24) is 4.98 Å². The van der Waals surface area contributed by atoms with Gasteiger partial charge in [0.15, 0.2) is 11.6 Å². The molecule has 1 heterocycles. The van der Waals surface area contributed by atoms with Gasteiger partial charge in [0.05, 0.1) is 5.56 Å². The van der Waals surface area contributed by atoms with E-state index in [0.717, 1.165) is 0 Å². The van der Waals surface area contributed by atoms with Gasteiger partial charge < -0.3 is 9.84 Å². The predicted octanol–water partition coefficient (Wildman–Crippen LogP) is 3.02. The summed E-state index contributed by atoms with van der Waals surface area (Å²) in [5.74, 6) is -1.33. The van der Waals surface area contributed by atoms with Crippen LogP contribution in [-0.4, -0.2) is 16.1 Å². The Morgan fingerprint density at radius 1 is 1.39 bits per heavy atom. The Hall–Kier alpha value is -2.43. The van der Waals surface area contributed by atoms with Crippen LogP contribution in [0.4, 0.5) is 4.39 Å². The quantitative estimate of drug-likeness (QED) is 0.905. The Balaban J connectivity index is 2.30. The molecule has 18 heavy (non-hydrogen) atoms. The molecule has 1 aromatic heterocycles. The van der Waals surface area contributed by atoms with Crippen molar-refractivity contribution in [2.45, 2.75) is 6.92 Å². The average Bonchev–Trinajstić information content (AvgIpc) is 2.34. The van der Waals surface area contributed by atoms with E-state index >= 15 is 0 Å². The summed E-state index contributed by atoms with van der Waals surface area (Å²) in [6, 6.07) is 7.36. The molecule has 0 spiro atoms. The maximum atomic E-state index is 13.4. The van der Waals surface area contributed by atoms with E-state index < -0.39 is 11.8 Å². The number of hydrogen-bond donors (Lipinski definition) is 1. The van der Waals surface area contributed by atoms with Crippen molar-refractivity contribution in [2.75, 3.05) is 0 Å². The van der Waals surface area contributed by atoms with Gasteiger partial charge in [-0.3, -0.25) is 0 Å². The third kappa shape index (κ3) is 2.45. The lowest BCUT2D eigenvalue weighted by Crippen LogP contribution is -2.00. The molecule has 0 fully saturated rings. The number of pyridine rings is 1. The number of ether oxygens (including phenoxy) is 1. The molecular formula is C13H10FNO3. The molecule has 0 unspecified atom stereocenters. The van der Waals surface area contributed by atoms with Crippen molar-refractivity contribution in [3.8, 4) is 11.6 Å². The molecule has 0 aliphatic heterocycles. The number of rotatable bonds is 3. The molecule has 0 bridgehead atoms. The normalized spacial score (nSPS) is 10.1. The summed E-state index contributed by atoms with van der Waals surface area (Å²) in [5.41, 5.74) is 0.589. The Bertz CT molecular complexity index is 599. The molecule has 2 rings (SSSR count). The summed E-state index contributed by atoms with van der Waals surface area (Å²) in [6.07, 6.45) is 1.17. The van der Waals surface area contributed by atoms with E-state index in [0.29, 0.717) is 5.56 Å². The molecule has 0 atom stereocenters. The minimum atomic E-state index is -1.07. The van der Waals surface area contributed by atoms with Gasteiger partial charge in [-0.25, -0.2) is 14.2 Å². The highest BCUT2D eigenvalue weighted by Gasteiger charge is 2.10. The number of halogens is 1. The van der Waals surface area contributed by atoms with E-state index in [2.05, 4.69) is 4.98 Å². The molecule has 0 saturated carbocycles. The van der Waals surface area contributed by atoms with Crippen LogP contribution in [0.15, 0.2) is 36.5 Å². The molecule has 0 aliphatic rings. The summed E-state index contributed by atoms with van der Waals surface area (Å²) in [7, 11) is 0. The molecule has 0 aliphatic carbocycles. The van der Waals surface area contributed by atoms with Crippen molar-refractivity contribution in [2.24, 2.45) is 0 Å². The second kappa shape index (κ2) is 4.83. The number of aromatic carboxylic acids is 1. The van der Waals surface area contributed by atoms with Crippen LogP contribution in [-0.2, 0) is 0 Å². The number of nitrogens with zero attached hydrogens (tertiary/aromatic N) is 1. The van der Waals surface area contributed by atoms with Gasteiger partial charge in [0.1, 0.15) is 0 Å². The fourth-order valence-electron chi connectivity index (χ4n) is 1.42. The van der Waals surface area contributed by atoms with Gasteiger partial charge in [-0.05, 0) is 25.1 Å². The maximum Gasteiger partial charge on any atom is 0.337 e. The number of carbonyl (C=O) groups is 1. The molecule has 92 valence electrons. The molecular weight excluding hydrogens is 237 g/mol. The van der Waals surface area contributed by atoms with E-state index in [4.69, 9.17) is 9.84 Å². The summed E-state index contributed by atoms with van der Waals surface area (Å²) in [6.45, 7) is 1.65. The number of hydrogen-bond acceptors (Lipinski definition) is 3. The zero-order valence-electron chi connectivity index (χ0n) is 9.55. The highest BCUT2D eigenvalue weighted by molar-refractivity contribution is 5.87. The summed E-state index contributed by atoms with van der Waals surface area (Å²) in [4.78, 5) is 14.6. The van der Waals surface area contributed by atoms with Crippen LogP contribution in [0.2, 0.25) is 0 Å². The third-order valence-corrected chi connectivity index (χ3v) is 2.32. The first kappa shape index (κ1) is 12.0. The van der Waals surface area contributed by atoms with E-state index in [1.807, 2.05) is 0 Å². The molecule has 2 aromatic rings. The van der Waals surface area contributed by atoms with E-state index in [1.165, 1.54) is 24.4 Å². The number of aromatic nitrogens is 1. The molecule has 0 radical (unpaired) electrons. The monoisotopic (exact) mass is 247 g/mol. The van der Waals surface area contributed by atoms with Crippen LogP contribution in [0.25, 0.3) is 0 Å². The molecule has 5 heteroatoms. The largest absolute Gasteiger partial charge is 0.478 e. The van der Waals surface area contributed by atoms with Gasteiger partial charge in [0.25, 0.3) is 0 Å². The Kier molecular flexibility index (Phi) is 3.23. The minimum absolute atomic E-state index is 0.0520. The number of carboxylic acid groups (broad SMARTS) is 1. The van der Waals surface area contributed by atoms with E-state index in [-0.39, 0.29) is 17.2 Å². The fraction of sp³-hybridized carbons (Fsp3) is 0.0769. The Morgan fingerprint density at radius 3 is 2.72 bits per heavy atom. The molecule has 4 nitrogen and oxygen atoms in total. The molecule has 1 aromatic carbocycles. The van der Waals surface area contributed by atoms with Gasteiger partial charge >= 0.3 is 5.97 Å². The Labute approximate surface area is 103 Å². The van der Waals surface area contributed by atoms with Gasteiger partial charge in [-0.1, -0.05) is 12.1 Å². The smallest absolute Gasteiger partial charge is 0.337 e. The number of carboxylic acids is 1. The third-order valence-electron chi connectivity index (χ3n) is 2.32. The summed E-state index contributed by atoms with van der Waals surface area (Å²) >= 11 is 0. The van der Waals surface area contributed by atoms with Crippen LogP contribution in [0.1, 0.15) is 15.9 Å². The maximum absolute atomic E-state index is 13.4. The first-order valence-corrected chi connectivity index (χ1v) is 5.20. The highest BCUT2D eigenvalue weighted by Crippen LogP contribution is 2.25. The topological polar surface area (TPSA) is 59.4 Å².